The Morgan fingerprint density at radius 3 is 2.64 bits per heavy atom. The van der Waals surface area contributed by atoms with E-state index in [0.717, 1.165) is 16.6 Å². The molecule has 2 aromatic carbocycles. The molecule has 0 unspecified atom stereocenters. The summed E-state index contributed by atoms with van der Waals surface area (Å²) >= 11 is 0. The van der Waals surface area contributed by atoms with E-state index in [-0.39, 0.29) is 23.9 Å². The van der Waals surface area contributed by atoms with E-state index in [4.69, 9.17) is 5.41 Å². The Kier molecular flexibility index (Phi) is 3.46. The summed E-state index contributed by atoms with van der Waals surface area (Å²) in [4.78, 5) is 7.56. The van der Waals surface area contributed by atoms with Gasteiger partial charge in [0.15, 0.2) is 5.84 Å². The molecule has 0 radical (unpaired) electrons. The second-order valence-electron chi connectivity index (χ2n) is 5.67. The topological polar surface area (TPSA) is 109 Å². The number of phenolic OH excluding ortho intramolecular Hbond substituents is 1. The molecule has 0 bridgehead atoms. The van der Waals surface area contributed by atoms with Crippen LogP contribution >= 0.6 is 0 Å². The van der Waals surface area contributed by atoms with Gasteiger partial charge in [0.1, 0.15) is 29.5 Å². The second-order valence-corrected chi connectivity index (χ2v) is 5.67. The lowest BCUT2D eigenvalue weighted by molar-refractivity contribution is 0.358. The Hall–Kier alpha value is -3.61. The average Bonchev–Trinajstić information content (AvgIpc) is 3.14. The maximum atomic E-state index is 10.3. The molecule has 4 N–H and O–H groups in total. The first kappa shape index (κ1) is 14.9. The molecule has 0 saturated heterocycles. The van der Waals surface area contributed by atoms with Crippen molar-refractivity contribution in [3.63, 3.8) is 0 Å². The number of aromatic hydroxyl groups is 1. The normalized spacial score (nSPS) is 15.0. The first-order chi connectivity index (χ1) is 12.1. The zero-order chi connectivity index (χ0) is 17.4. The van der Waals surface area contributed by atoms with Crippen LogP contribution in [0.2, 0.25) is 0 Å². The number of nitrogens with zero attached hydrogens (tertiary/aromatic N) is 3. The van der Waals surface area contributed by atoms with Crippen LogP contribution in [0.1, 0.15) is 11.4 Å². The van der Waals surface area contributed by atoms with Crippen LogP contribution in [0.15, 0.2) is 59.4 Å². The van der Waals surface area contributed by atoms with Gasteiger partial charge >= 0.3 is 0 Å². The highest BCUT2D eigenvalue weighted by Gasteiger charge is 2.30. The van der Waals surface area contributed by atoms with Gasteiger partial charge in [0, 0.05) is 0 Å². The van der Waals surface area contributed by atoms with Gasteiger partial charge in [-0.2, -0.15) is 5.10 Å². The molecule has 0 fully saturated rings. The number of benzene rings is 2. The lowest BCUT2D eigenvalue weighted by Gasteiger charge is -2.11. The summed E-state index contributed by atoms with van der Waals surface area (Å²) in [6.07, 6.45) is 1.57. The quantitative estimate of drug-likeness (QED) is 0.553. The summed E-state index contributed by atoms with van der Waals surface area (Å²) in [5.41, 5.74) is 2.75. The first-order valence-electron chi connectivity index (χ1n) is 7.68. The summed E-state index contributed by atoms with van der Waals surface area (Å²) in [5, 5.41) is 33.5. The molecule has 0 aliphatic carbocycles. The number of fused-ring (bicyclic) bond motifs is 1. The second kappa shape index (κ2) is 5.79. The van der Waals surface area contributed by atoms with Gasteiger partial charge in [0.2, 0.25) is 0 Å². The number of imidazole rings is 1. The van der Waals surface area contributed by atoms with Crippen molar-refractivity contribution in [1.82, 2.24) is 15.0 Å². The van der Waals surface area contributed by atoms with Crippen LogP contribution in [0.25, 0.3) is 16.6 Å². The van der Waals surface area contributed by atoms with Crippen LogP contribution < -0.4 is 0 Å². The number of rotatable bonds is 3. The largest absolute Gasteiger partial charge is 0.509 e. The Balaban J connectivity index is 1.59. The molecule has 0 atom stereocenters. The van der Waals surface area contributed by atoms with Gasteiger partial charge in [-0.25, -0.2) is 9.99 Å². The van der Waals surface area contributed by atoms with E-state index >= 15 is 0 Å². The van der Waals surface area contributed by atoms with Crippen molar-refractivity contribution in [1.29, 1.82) is 5.41 Å². The van der Waals surface area contributed by atoms with Crippen molar-refractivity contribution in [2.75, 3.05) is 6.54 Å². The SMILES string of the molecule is N=C1C(c2nc3ccccc3[nH]2)=C(O)CN1/N=C\c1ccc(O)cc1. The third-order valence-corrected chi connectivity index (χ3v) is 3.95. The van der Waals surface area contributed by atoms with Gasteiger partial charge in [0.05, 0.1) is 17.2 Å². The summed E-state index contributed by atoms with van der Waals surface area (Å²) in [6, 6.07) is 14.1. The van der Waals surface area contributed by atoms with Gasteiger partial charge in [-0.3, -0.25) is 5.41 Å². The molecule has 0 saturated carbocycles. The Morgan fingerprint density at radius 2 is 1.88 bits per heavy atom. The number of aliphatic hydroxyl groups is 1. The van der Waals surface area contributed by atoms with E-state index in [2.05, 4.69) is 15.1 Å². The third kappa shape index (κ3) is 2.72. The lowest BCUT2D eigenvalue weighted by atomic mass is 10.2. The zero-order valence-electron chi connectivity index (χ0n) is 13.1. The van der Waals surface area contributed by atoms with Crippen LogP contribution in [0, 0.1) is 5.41 Å². The van der Waals surface area contributed by atoms with Crippen LogP contribution in [0.4, 0.5) is 0 Å². The molecule has 7 heteroatoms. The molecule has 7 nitrogen and oxygen atoms in total. The number of hydrogen-bond acceptors (Lipinski definition) is 5. The van der Waals surface area contributed by atoms with E-state index in [1.54, 1.807) is 30.5 Å². The maximum absolute atomic E-state index is 10.3. The van der Waals surface area contributed by atoms with E-state index in [9.17, 15) is 10.2 Å². The molecule has 124 valence electrons. The van der Waals surface area contributed by atoms with Crippen molar-refractivity contribution in [3.8, 4) is 5.75 Å². The van der Waals surface area contributed by atoms with E-state index in [1.807, 2.05) is 24.3 Å². The van der Waals surface area contributed by atoms with Gasteiger partial charge in [-0.1, -0.05) is 12.1 Å². The third-order valence-electron chi connectivity index (χ3n) is 3.95. The Bertz CT molecular complexity index is 984. The first-order valence-corrected chi connectivity index (χ1v) is 7.68. The minimum absolute atomic E-state index is 0.0481. The molecular formula is C18H15N5O2. The number of para-hydroxylation sites is 2. The number of hydrazone groups is 1. The minimum Gasteiger partial charge on any atom is -0.509 e. The number of amidine groups is 1. The predicted octanol–water partition coefficient (Wildman–Crippen LogP) is 2.86. The van der Waals surface area contributed by atoms with Crippen LogP contribution in [0.5, 0.6) is 5.75 Å². The van der Waals surface area contributed by atoms with Crippen molar-refractivity contribution in [2.24, 2.45) is 5.10 Å². The zero-order valence-corrected chi connectivity index (χ0v) is 13.1. The van der Waals surface area contributed by atoms with Gasteiger partial charge in [-0.15, -0.1) is 0 Å². The number of aromatic amines is 1. The molecule has 2 heterocycles. The average molecular weight is 333 g/mol. The monoisotopic (exact) mass is 333 g/mol. The number of nitrogens with one attached hydrogen (secondary N) is 2. The fourth-order valence-corrected chi connectivity index (χ4v) is 2.68. The standard InChI is InChI=1S/C18H15N5O2/c19-17-16(18-21-13-3-1-2-4-14(13)22-18)15(25)10-23(17)20-9-11-5-7-12(24)8-6-11/h1-9,19,24-25H,10H2,(H,21,22)/b19-17?,20-9-. The van der Waals surface area contributed by atoms with Gasteiger partial charge in [0.25, 0.3) is 0 Å². The number of aromatic nitrogens is 2. The number of H-pyrrole nitrogens is 1. The fraction of sp³-hybridized carbons (Fsp3) is 0.0556. The summed E-state index contributed by atoms with van der Waals surface area (Å²) in [7, 11) is 0. The molecule has 1 aromatic heterocycles. The van der Waals surface area contributed by atoms with Crippen molar-refractivity contribution >= 4 is 28.7 Å². The van der Waals surface area contributed by atoms with Crippen LogP contribution in [-0.2, 0) is 0 Å². The number of aliphatic hydroxyl groups excluding tert-OH is 1. The molecular weight excluding hydrogens is 318 g/mol. The van der Waals surface area contributed by atoms with E-state index in [1.165, 1.54) is 5.01 Å². The lowest BCUT2D eigenvalue weighted by Crippen LogP contribution is -2.20. The van der Waals surface area contributed by atoms with Gasteiger partial charge < -0.3 is 15.2 Å². The van der Waals surface area contributed by atoms with E-state index < -0.39 is 0 Å². The molecule has 0 amide bonds. The van der Waals surface area contributed by atoms with Crippen molar-refractivity contribution in [2.45, 2.75) is 0 Å². The highest BCUT2D eigenvalue weighted by atomic mass is 16.3. The van der Waals surface area contributed by atoms with Crippen molar-refractivity contribution < 1.29 is 10.2 Å². The predicted molar refractivity (Wildman–Crippen MR) is 95.8 cm³/mol. The molecule has 25 heavy (non-hydrogen) atoms. The highest BCUT2D eigenvalue weighted by Crippen LogP contribution is 2.27. The highest BCUT2D eigenvalue weighted by molar-refractivity contribution is 6.23. The minimum atomic E-state index is 0.0481. The molecule has 3 aromatic rings. The summed E-state index contributed by atoms with van der Waals surface area (Å²) in [5.74, 6) is 0.752. The van der Waals surface area contributed by atoms with E-state index in [0.29, 0.717) is 11.4 Å². The number of hydrogen-bond donors (Lipinski definition) is 4. The maximum Gasteiger partial charge on any atom is 0.156 e. The summed E-state index contributed by atoms with van der Waals surface area (Å²) < 4.78 is 0. The fourth-order valence-electron chi connectivity index (χ4n) is 2.68. The molecule has 0 spiro atoms. The summed E-state index contributed by atoms with van der Waals surface area (Å²) in [6.45, 7) is 0.111. The smallest absolute Gasteiger partial charge is 0.156 e. The van der Waals surface area contributed by atoms with Crippen LogP contribution in [0.3, 0.4) is 0 Å². The van der Waals surface area contributed by atoms with Crippen LogP contribution in [-0.4, -0.2) is 43.8 Å². The number of phenols is 1. The van der Waals surface area contributed by atoms with Gasteiger partial charge in [-0.05, 0) is 42.0 Å². The molecule has 1 aliphatic heterocycles. The Morgan fingerprint density at radius 1 is 1.12 bits per heavy atom. The molecule has 4 rings (SSSR count). The Labute approximate surface area is 143 Å². The molecule has 1 aliphatic rings. The van der Waals surface area contributed by atoms with Crippen molar-refractivity contribution in [3.05, 3.63) is 65.7 Å².